The van der Waals surface area contributed by atoms with Crippen molar-refractivity contribution in [3.8, 4) is 5.75 Å². The molecule has 0 saturated carbocycles. The van der Waals surface area contributed by atoms with Crippen molar-refractivity contribution in [3.05, 3.63) is 47.9 Å². The molecule has 1 unspecified atom stereocenters. The maximum atomic E-state index is 11.2. The zero-order chi connectivity index (χ0) is 14.1. The van der Waals surface area contributed by atoms with Gasteiger partial charge in [-0.1, -0.05) is 12.1 Å². The van der Waals surface area contributed by atoms with Crippen molar-refractivity contribution < 1.29 is 14.6 Å². The van der Waals surface area contributed by atoms with Gasteiger partial charge in [-0.2, -0.15) is 0 Å². The van der Waals surface area contributed by atoms with Crippen molar-refractivity contribution in [2.75, 3.05) is 12.4 Å². The second-order valence-corrected chi connectivity index (χ2v) is 4.29. The molecule has 2 N–H and O–H groups in total. The molecule has 7 nitrogen and oxygen atoms in total. The van der Waals surface area contributed by atoms with Gasteiger partial charge in [-0.3, -0.25) is 4.57 Å². The number of fused-ring (bicyclic) bond motifs is 1. The Hall–Kier alpha value is -2.83. The Labute approximate surface area is 114 Å². The monoisotopic (exact) mass is 272 g/mol. The van der Waals surface area contributed by atoms with Gasteiger partial charge < -0.3 is 15.2 Å². The largest absolute Gasteiger partial charge is 0.497 e. The van der Waals surface area contributed by atoms with Gasteiger partial charge in [0, 0.05) is 0 Å². The molecule has 0 fully saturated rings. The van der Waals surface area contributed by atoms with E-state index in [0.29, 0.717) is 5.95 Å². The zero-order valence-corrected chi connectivity index (χ0v) is 10.6. The number of allylic oxidation sites excluding steroid dienone is 1. The van der Waals surface area contributed by atoms with Gasteiger partial charge >= 0.3 is 5.97 Å². The molecule has 0 radical (unpaired) electrons. The first-order chi connectivity index (χ1) is 9.69. The van der Waals surface area contributed by atoms with Gasteiger partial charge in [0.1, 0.15) is 17.8 Å². The zero-order valence-electron chi connectivity index (χ0n) is 10.6. The third kappa shape index (κ3) is 1.99. The number of carboxylic acids is 1. The summed E-state index contributed by atoms with van der Waals surface area (Å²) in [4.78, 5) is 11.2. The first-order valence-electron chi connectivity index (χ1n) is 5.94. The van der Waals surface area contributed by atoms with E-state index in [1.165, 1.54) is 0 Å². The van der Waals surface area contributed by atoms with Gasteiger partial charge in [0.15, 0.2) is 0 Å². The summed E-state index contributed by atoms with van der Waals surface area (Å²) in [5.41, 5.74) is 1.01. The molecule has 0 saturated heterocycles. The van der Waals surface area contributed by atoms with E-state index in [9.17, 15) is 4.79 Å². The number of carbonyl (C=O) groups is 1. The van der Waals surface area contributed by atoms with Crippen LogP contribution in [0.15, 0.2) is 42.4 Å². The number of carboxylic acid groups (broad SMARTS) is 1. The number of benzene rings is 1. The normalized spacial score (nSPS) is 16.9. The molecule has 1 atom stereocenters. The first-order valence-corrected chi connectivity index (χ1v) is 5.94. The van der Waals surface area contributed by atoms with Crippen LogP contribution in [0.3, 0.4) is 0 Å². The molecular formula is C13H12N4O3. The molecule has 20 heavy (non-hydrogen) atoms. The highest BCUT2D eigenvalue weighted by atomic mass is 16.5. The maximum absolute atomic E-state index is 11.2. The van der Waals surface area contributed by atoms with Crippen molar-refractivity contribution in [2.45, 2.75) is 6.04 Å². The minimum absolute atomic E-state index is 0.0892. The van der Waals surface area contributed by atoms with Crippen molar-refractivity contribution in [1.29, 1.82) is 0 Å². The van der Waals surface area contributed by atoms with Crippen LogP contribution in [0.4, 0.5) is 5.95 Å². The van der Waals surface area contributed by atoms with E-state index >= 15 is 0 Å². The second kappa shape index (κ2) is 4.69. The third-order valence-corrected chi connectivity index (χ3v) is 3.13. The van der Waals surface area contributed by atoms with Crippen molar-refractivity contribution in [2.24, 2.45) is 0 Å². The topological polar surface area (TPSA) is 89.3 Å². The van der Waals surface area contributed by atoms with Crippen molar-refractivity contribution in [3.63, 3.8) is 0 Å². The quantitative estimate of drug-likeness (QED) is 0.874. The highest BCUT2D eigenvalue weighted by Gasteiger charge is 2.24. The number of rotatable bonds is 3. The van der Waals surface area contributed by atoms with Gasteiger partial charge in [-0.25, -0.2) is 4.79 Å². The standard InChI is InChI=1S/C13H12N4O3/c1-20-9-4-2-8(3-5-9)11-6-10(12(18)19)15-13-16-14-7-17(11)13/h2-7,11H,1H3,(H,15,16)(H,18,19). The average molecular weight is 272 g/mol. The Morgan fingerprint density at radius 3 is 2.80 bits per heavy atom. The number of ether oxygens (including phenoxy) is 1. The fraction of sp³-hybridized carbons (Fsp3) is 0.154. The van der Waals surface area contributed by atoms with Gasteiger partial charge in [-0.15, -0.1) is 10.2 Å². The molecule has 102 valence electrons. The SMILES string of the molecule is COc1ccc(C2C=C(C(=O)O)Nc3nncn32)cc1. The van der Waals surface area contributed by atoms with Crippen molar-refractivity contribution in [1.82, 2.24) is 14.8 Å². The molecule has 0 aliphatic carbocycles. The lowest BCUT2D eigenvalue weighted by Crippen LogP contribution is -2.23. The molecule has 7 heteroatoms. The molecule has 0 amide bonds. The van der Waals surface area contributed by atoms with Crippen LogP contribution in [0.25, 0.3) is 0 Å². The molecule has 1 aromatic heterocycles. The molecule has 2 heterocycles. The number of hydrogen-bond donors (Lipinski definition) is 2. The molecule has 0 spiro atoms. The van der Waals surface area contributed by atoms with E-state index in [1.54, 1.807) is 24.1 Å². The van der Waals surface area contributed by atoms with Gasteiger partial charge in [0.25, 0.3) is 0 Å². The number of aliphatic carboxylic acids is 1. The third-order valence-electron chi connectivity index (χ3n) is 3.13. The van der Waals surface area contributed by atoms with Crippen LogP contribution >= 0.6 is 0 Å². The number of aromatic nitrogens is 3. The highest BCUT2D eigenvalue weighted by molar-refractivity contribution is 5.90. The minimum Gasteiger partial charge on any atom is -0.497 e. The number of hydrogen-bond acceptors (Lipinski definition) is 5. The smallest absolute Gasteiger partial charge is 0.352 e. The van der Waals surface area contributed by atoms with Crippen LogP contribution < -0.4 is 10.1 Å². The summed E-state index contributed by atoms with van der Waals surface area (Å²) in [5.74, 6) is 0.123. The highest BCUT2D eigenvalue weighted by Crippen LogP contribution is 2.29. The molecule has 2 aromatic rings. The minimum atomic E-state index is -1.03. The van der Waals surface area contributed by atoms with Crippen LogP contribution in [0.2, 0.25) is 0 Å². The van der Waals surface area contributed by atoms with Gasteiger partial charge in [0.2, 0.25) is 5.95 Å². The summed E-state index contributed by atoms with van der Waals surface area (Å²) in [6.07, 6.45) is 3.19. The molecular weight excluding hydrogens is 260 g/mol. The second-order valence-electron chi connectivity index (χ2n) is 4.29. The summed E-state index contributed by atoms with van der Waals surface area (Å²) in [5, 5.41) is 19.5. The summed E-state index contributed by atoms with van der Waals surface area (Å²) in [6, 6.07) is 7.16. The van der Waals surface area contributed by atoms with Crippen LogP contribution in [0.5, 0.6) is 5.75 Å². The summed E-state index contributed by atoms with van der Waals surface area (Å²) in [7, 11) is 1.60. The predicted octanol–water partition coefficient (Wildman–Crippen LogP) is 1.27. The van der Waals surface area contributed by atoms with E-state index in [2.05, 4.69) is 15.5 Å². The van der Waals surface area contributed by atoms with Crippen molar-refractivity contribution >= 4 is 11.9 Å². The summed E-state index contributed by atoms with van der Waals surface area (Å²) >= 11 is 0. The lowest BCUT2D eigenvalue weighted by Gasteiger charge is -2.23. The molecule has 1 aliphatic rings. The number of nitrogens with zero attached hydrogens (tertiary/aromatic N) is 3. The van der Waals surface area contributed by atoms with E-state index in [-0.39, 0.29) is 11.7 Å². The molecule has 0 bridgehead atoms. The molecule has 1 aliphatic heterocycles. The number of anilines is 1. The Bertz CT molecular complexity index is 675. The summed E-state index contributed by atoms with van der Waals surface area (Å²) in [6.45, 7) is 0. The maximum Gasteiger partial charge on any atom is 0.352 e. The van der Waals surface area contributed by atoms with Crippen LogP contribution in [-0.4, -0.2) is 33.0 Å². The number of nitrogens with one attached hydrogen (secondary N) is 1. The Morgan fingerprint density at radius 2 is 2.15 bits per heavy atom. The lowest BCUT2D eigenvalue weighted by atomic mass is 10.0. The summed E-state index contributed by atoms with van der Waals surface area (Å²) < 4.78 is 6.89. The van der Waals surface area contributed by atoms with E-state index in [4.69, 9.17) is 9.84 Å². The Morgan fingerprint density at radius 1 is 1.40 bits per heavy atom. The fourth-order valence-electron chi connectivity index (χ4n) is 2.12. The van der Waals surface area contributed by atoms with Crippen LogP contribution in [0, 0.1) is 0 Å². The lowest BCUT2D eigenvalue weighted by molar-refractivity contribution is -0.132. The fourth-order valence-corrected chi connectivity index (χ4v) is 2.12. The van der Waals surface area contributed by atoms with Gasteiger partial charge in [0.05, 0.1) is 13.2 Å². The van der Waals surface area contributed by atoms with E-state index in [0.717, 1.165) is 11.3 Å². The molecule has 1 aromatic carbocycles. The average Bonchev–Trinajstić information content (AvgIpc) is 2.94. The Kier molecular flexibility index (Phi) is 2.86. The van der Waals surface area contributed by atoms with Gasteiger partial charge in [-0.05, 0) is 23.8 Å². The number of methoxy groups -OCH3 is 1. The van der Waals surface area contributed by atoms with E-state index in [1.807, 2.05) is 24.3 Å². The predicted molar refractivity (Wildman–Crippen MR) is 70.5 cm³/mol. The Balaban J connectivity index is 2.04. The van der Waals surface area contributed by atoms with Crippen LogP contribution in [-0.2, 0) is 4.79 Å². The van der Waals surface area contributed by atoms with E-state index < -0.39 is 5.97 Å². The van der Waals surface area contributed by atoms with Crippen LogP contribution in [0.1, 0.15) is 11.6 Å². The first kappa shape index (κ1) is 12.2. The molecule has 3 rings (SSSR count).